The molecule has 0 spiro atoms. The van der Waals surface area contributed by atoms with E-state index in [0.717, 1.165) is 22.6 Å². The molecule has 1 amide bonds. The number of carbonyl (C=O) groups is 1. The van der Waals surface area contributed by atoms with Crippen molar-refractivity contribution in [3.05, 3.63) is 59.7 Å². The van der Waals surface area contributed by atoms with Crippen LogP contribution in [0.2, 0.25) is 0 Å². The molecule has 2 nitrogen and oxygen atoms in total. The highest BCUT2D eigenvalue weighted by Gasteiger charge is 2.16. The maximum Gasteiger partial charge on any atom is 0.237 e. The van der Waals surface area contributed by atoms with E-state index in [1.165, 1.54) is 22.7 Å². The largest absolute Gasteiger partial charge is 0.312 e. The van der Waals surface area contributed by atoms with Crippen LogP contribution in [0.1, 0.15) is 12.5 Å². The number of carbonyl (C=O) groups excluding carboxylic acids is 1. The van der Waals surface area contributed by atoms with Gasteiger partial charge in [-0.15, -0.1) is 11.8 Å². The molecule has 0 aliphatic heterocycles. The molecule has 0 aliphatic carbocycles. The number of nitrogens with zero attached hydrogens (tertiary/aromatic N) is 1. The van der Waals surface area contributed by atoms with E-state index in [9.17, 15) is 13.6 Å². The minimum Gasteiger partial charge on any atom is -0.312 e. The molecular formula is C17H17F2NOS. The van der Waals surface area contributed by atoms with Crippen LogP contribution >= 0.6 is 11.8 Å². The summed E-state index contributed by atoms with van der Waals surface area (Å²) in [6, 6.07) is 11.4. The molecule has 116 valence electrons. The minimum absolute atomic E-state index is 0.140. The smallest absolute Gasteiger partial charge is 0.237 e. The molecule has 2 aromatic carbocycles. The lowest BCUT2D eigenvalue weighted by molar-refractivity contribution is -0.116. The maximum atomic E-state index is 13.3. The van der Waals surface area contributed by atoms with E-state index < -0.39 is 11.6 Å². The molecule has 0 unspecified atom stereocenters. The fourth-order valence-electron chi connectivity index (χ4n) is 2.01. The SMILES string of the molecule is CCN(C(=O)CSc1ccc(C)cc1)c1ccc(F)c(F)c1. The average Bonchev–Trinajstić information content (AvgIpc) is 2.51. The molecule has 5 heteroatoms. The first-order valence-corrected chi connectivity index (χ1v) is 7.94. The van der Waals surface area contributed by atoms with Crippen molar-refractivity contribution in [2.75, 3.05) is 17.2 Å². The highest BCUT2D eigenvalue weighted by molar-refractivity contribution is 8.00. The highest BCUT2D eigenvalue weighted by Crippen LogP contribution is 2.22. The van der Waals surface area contributed by atoms with Gasteiger partial charge in [0.05, 0.1) is 5.75 Å². The van der Waals surface area contributed by atoms with Gasteiger partial charge in [-0.2, -0.15) is 0 Å². The third-order valence-corrected chi connectivity index (χ3v) is 4.21. The van der Waals surface area contributed by atoms with E-state index in [4.69, 9.17) is 0 Å². The second-order valence-corrected chi connectivity index (χ2v) is 5.89. The van der Waals surface area contributed by atoms with Crippen molar-refractivity contribution in [3.8, 4) is 0 Å². The summed E-state index contributed by atoms with van der Waals surface area (Å²) in [6.07, 6.45) is 0. The van der Waals surface area contributed by atoms with E-state index in [1.807, 2.05) is 31.2 Å². The summed E-state index contributed by atoms with van der Waals surface area (Å²) in [7, 11) is 0. The number of hydrogen-bond donors (Lipinski definition) is 0. The number of rotatable bonds is 5. The zero-order valence-electron chi connectivity index (χ0n) is 12.5. The quantitative estimate of drug-likeness (QED) is 0.760. The van der Waals surface area contributed by atoms with E-state index in [-0.39, 0.29) is 11.7 Å². The molecule has 2 aromatic rings. The molecule has 0 fully saturated rings. The lowest BCUT2D eigenvalue weighted by atomic mass is 10.2. The Kier molecular flexibility index (Phi) is 5.55. The van der Waals surface area contributed by atoms with Crippen molar-refractivity contribution in [2.45, 2.75) is 18.7 Å². The summed E-state index contributed by atoms with van der Waals surface area (Å²) < 4.78 is 26.3. The fourth-order valence-corrected chi connectivity index (χ4v) is 2.79. The van der Waals surface area contributed by atoms with Gasteiger partial charge in [0, 0.05) is 23.2 Å². The third kappa shape index (κ3) is 4.07. The summed E-state index contributed by atoms with van der Waals surface area (Å²) in [4.78, 5) is 14.7. The highest BCUT2D eigenvalue weighted by atomic mass is 32.2. The Morgan fingerprint density at radius 3 is 2.36 bits per heavy atom. The van der Waals surface area contributed by atoms with E-state index in [0.29, 0.717) is 12.2 Å². The summed E-state index contributed by atoms with van der Waals surface area (Å²) in [5, 5.41) is 0. The van der Waals surface area contributed by atoms with Gasteiger partial charge in [0.15, 0.2) is 11.6 Å². The fraction of sp³-hybridized carbons (Fsp3) is 0.235. The summed E-state index contributed by atoms with van der Waals surface area (Å²) in [5.74, 6) is -1.76. The Hall–Kier alpha value is -1.88. The zero-order chi connectivity index (χ0) is 16.1. The van der Waals surface area contributed by atoms with Gasteiger partial charge in [-0.1, -0.05) is 17.7 Å². The number of thioether (sulfide) groups is 1. The normalized spacial score (nSPS) is 10.5. The van der Waals surface area contributed by atoms with Crippen molar-refractivity contribution in [1.29, 1.82) is 0 Å². The second-order valence-electron chi connectivity index (χ2n) is 4.84. The average molecular weight is 321 g/mol. The minimum atomic E-state index is -0.949. The van der Waals surface area contributed by atoms with Gasteiger partial charge in [0.2, 0.25) is 5.91 Å². The first kappa shape index (κ1) is 16.5. The molecule has 0 saturated carbocycles. The first-order chi connectivity index (χ1) is 10.5. The Balaban J connectivity index is 2.05. The van der Waals surface area contributed by atoms with Crippen LogP contribution < -0.4 is 4.90 Å². The van der Waals surface area contributed by atoms with Gasteiger partial charge in [0.25, 0.3) is 0 Å². The van der Waals surface area contributed by atoms with Crippen LogP contribution in [0.4, 0.5) is 14.5 Å². The molecule has 0 saturated heterocycles. The Bertz CT molecular complexity index is 658. The van der Waals surface area contributed by atoms with Crippen LogP contribution in [-0.2, 0) is 4.79 Å². The number of aryl methyl sites for hydroxylation is 1. The van der Waals surface area contributed by atoms with Crippen LogP contribution in [0.15, 0.2) is 47.4 Å². The third-order valence-electron chi connectivity index (χ3n) is 3.22. The molecular weight excluding hydrogens is 304 g/mol. The van der Waals surface area contributed by atoms with Crippen molar-refractivity contribution in [1.82, 2.24) is 0 Å². The van der Waals surface area contributed by atoms with Crippen molar-refractivity contribution >= 4 is 23.4 Å². The Morgan fingerprint density at radius 2 is 1.77 bits per heavy atom. The van der Waals surface area contributed by atoms with Gasteiger partial charge >= 0.3 is 0 Å². The van der Waals surface area contributed by atoms with Crippen molar-refractivity contribution < 1.29 is 13.6 Å². The lowest BCUT2D eigenvalue weighted by Crippen LogP contribution is -2.32. The maximum absolute atomic E-state index is 13.3. The van der Waals surface area contributed by atoms with E-state index in [1.54, 1.807) is 6.92 Å². The lowest BCUT2D eigenvalue weighted by Gasteiger charge is -2.21. The second kappa shape index (κ2) is 7.40. The van der Waals surface area contributed by atoms with Gasteiger partial charge < -0.3 is 4.90 Å². The molecule has 0 aliphatic rings. The summed E-state index contributed by atoms with van der Waals surface area (Å²) in [6.45, 7) is 4.20. The van der Waals surface area contributed by atoms with Crippen LogP contribution in [0, 0.1) is 18.6 Å². The topological polar surface area (TPSA) is 20.3 Å². The van der Waals surface area contributed by atoms with Crippen LogP contribution in [-0.4, -0.2) is 18.2 Å². The number of benzene rings is 2. The number of anilines is 1. The molecule has 0 radical (unpaired) electrons. The predicted octanol–water partition coefficient (Wildman–Crippen LogP) is 4.42. The standard InChI is InChI=1S/C17H17F2NOS/c1-3-20(13-6-9-15(18)16(19)10-13)17(21)11-22-14-7-4-12(2)5-8-14/h4-10H,3,11H2,1-2H3. The number of amides is 1. The van der Waals surface area contributed by atoms with Crippen molar-refractivity contribution in [2.24, 2.45) is 0 Å². The van der Waals surface area contributed by atoms with Crippen LogP contribution in [0.25, 0.3) is 0 Å². The zero-order valence-corrected chi connectivity index (χ0v) is 13.3. The molecule has 2 rings (SSSR count). The monoisotopic (exact) mass is 321 g/mol. The molecule has 0 aromatic heterocycles. The predicted molar refractivity (Wildman–Crippen MR) is 86.3 cm³/mol. The van der Waals surface area contributed by atoms with E-state index >= 15 is 0 Å². The number of hydrogen-bond acceptors (Lipinski definition) is 2. The van der Waals surface area contributed by atoms with Crippen LogP contribution in [0.5, 0.6) is 0 Å². The molecule has 0 bridgehead atoms. The number of halogens is 2. The van der Waals surface area contributed by atoms with Gasteiger partial charge in [-0.25, -0.2) is 8.78 Å². The first-order valence-electron chi connectivity index (χ1n) is 6.96. The summed E-state index contributed by atoms with van der Waals surface area (Å²) in [5.41, 5.74) is 1.53. The Labute approximate surface area is 133 Å². The van der Waals surface area contributed by atoms with Crippen LogP contribution in [0.3, 0.4) is 0 Å². The van der Waals surface area contributed by atoms with Crippen molar-refractivity contribution in [3.63, 3.8) is 0 Å². The molecule has 0 N–H and O–H groups in total. The molecule has 0 heterocycles. The molecule has 22 heavy (non-hydrogen) atoms. The van der Waals surface area contributed by atoms with Gasteiger partial charge in [-0.3, -0.25) is 4.79 Å². The Morgan fingerprint density at radius 1 is 1.09 bits per heavy atom. The van der Waals surface area contributed by atoms with Gasteiger partial charge in [0.1, 0.15) is 0 Å². The van der Waals surface area contributed by atoms with E-state index in [2.05, 4.69) is 0 Å². The molecule has 0 atom stereocenters. The summed E-state index contributed by atoms with van der Waals surface area (Å²) >= 11 is 1.42. The van der Waals surface area contributed by atoms with Gasteiger partial charge in [-0.05, 0) is 38.1 Å².